The largest absolute Gasteiger partial charge is 0.374 e. The van der Waals surface area contributed by atoms with Crippen LogP contribution in [0.3, 0.4) is 0 Å². The Kier molecular flexibility index (Phi) is 5.13. The summed E-state index contributed by atoms with van der Waals surface area (Å²) in [5, 5.41) is 0. The highest BCUT2D eigenvalue weighted by atomic mass is 19.1. The summed E-state index contributed by atoms with van der Waals surface area (Å²) in [5.74, 6) is -1.30. The van der Waals surface area contributed by atoms with Gasteiger partial charge in [0.1, 0.15) is 11.6 Å². The number of hydrogen-bond donors (Lipinski definition) is 0. The second-order valence-corrected chi connectivity index (χ2v) is 6.24. The minimum atomic E-state index is -0.495. The van der Waals surface area contributed by atoms with E-state index >= 15 is 0 Å². The normalized spacial score (nSPS) is 20.2. The summed E-state index contributed by atoms with van der Waals surface area (Å²) in [5.41, 5.74) is 0.591. The molecule has 5 nitrogen and oxygen atoms in total. The molecule has 0 saturated carbocycles. The van der Waals surface area contributed by atoms with E-state index in [1.165, 1.54) is 11.0 Å². The highest BCUT2D eigenvalue weighted by Gasteiger charge is 2.29. The van der Waals surface area contributed by atoms with Crippen LogP contribution >= 0.6 is 0 Å². The summed E-state index contributed by atoms with van der Waals surface area (Å²) in [7, 11) is 0. The molecular formula is C18H20F2N2O3. The van der Waals surface area contributed by atoms with Crippen LogP contribution in [0.2, 0.25) is 0 Å². The van der Waals surface area contributed by atoms with Crippen LogP contribution in [0, 0.1) is 11.6 Å². The standard InChI is InChI=1S/C18H20F2N2O3/c1-2-17(23)22-7-8-25-12(10-22)9-18(24)21-6-5-13-14(11-21)16(20)4-3-15(13)19/h2-4,12H,1,5-11H2/t12-/m0/s1. The fourth-order valence-corrected chi connectivity index (χ4v) is 3.30. The number of morpholine rings is 1. The van der Waals surface area contributed by atoms with Crippen LogP contribution in [0.25, 0.3) is 0 Å². The van der Waals surface area contributed by atoms with Crippen molar-refractivity contribution in [2.45, 2.75) is 25.5 Å². The zero-order valence-electron chi connectivity index (χ0n) is 13.8. The van der Waals surface area contributed by atoms with Gasteiger partial charge in [0.2, 0.25) is 11.8 Å². The molecule has 0 aromatic heterocycles. The predicted octanol–water partition coefficient (Wildman–Crippen LogP) is 1.65. The molecule has 7 heteroatoms. The maximum Gasteiger partial charge on any atom is 0.246 e. The first-order valence-electron chi connectivity index (χ1n) is 8.26. The molecule has 1 aromatic rings. The highest BCUT2D eigenvalue weighted by Crippen LogP contribution is 2.25. The van der Waals surface area contributed by atoms with Gasteiger partial charge < -0.3 is 14.5 Å². The molecule has 2 heterocycles. The van der Waals surface area contributed by atoms with Crippen molar-refractivity contribution in [2.24, 2.45) is 0 Å². The van der Waals surface area contributed by atoms with E-state index in [2.05, 4.69) is 6.58 Å². The molecule has 134 valence electrons. The number of carbonyl (C=O) groups excluding carboxylic acids is 2. The lowest BCUT2D eigenvalue weighted by Gasteiger charge is -2.34. The summed E-state index contributed by atoms with van der Waals surface area (Å²) in [6, 6.07) is 2.21. The number of fused-ring (bicyclic) bond motifs is 1. The Morgan fingerprint density at radius 1 is 1.20 bits per heavy atom. The number of amides is 2. The molecule has 1 atom stereocenters. The lowest BCUT2D eigenvalue weighted by molar-refractivity contribution is -0.142. The van der Waals surface area contributed by atoms with Crippen LogP contribution in [0.5, 0.6) is 0 Å². The van der Waals surface area contributed by atoms with Crippen molar-refractivity contribution in [1.29, 1.82) is 0 Å². The van der Waals surface area contributed by atoms with Gasteiger partial charge in [0.05, 0.1) is 19.1 Å². The van der Waals surface area contributed by atoms with Gasteiger partial charge in [0, 0.05) is 31.7 Å². The van der Waals surface area contributed by atoms with Crippen LogP contribution in [0.15, 0.2) is 24.8 Å². The van der Waals surface area contributed by atoms with E-state index in [-0.39, 0.29) is 36.8 Å². The van der Waals surface area contributed by atoms with Crippen molar-refractivity contribution >= 4 is 11.8 Å². The van der Waals surface area contributed by atoms with Crippen LogP contribution in [0.4, 0.5) is 8.78 Å². The summed E-state index contributed by atoms with van der Waals surface area (Å²) in [4.78, 5) is 27.3. The Hall–Kier alpha value is -2.28. The van der Waals surface area contributed by atoms with E-state index in [0.717, 1.165) is 12.1 Å². The van der Waals surface area contributed by atoms with Crippen LogP contribution in [0.1, 0.15) is 17.5 Å². The average molecular weight is 350 g/mol. The third-order valence-electron chi connectivity index (χ3n) is 4.68. The van der Waals surface area contributed by atoms with Gasteiger partial charge in [0.15, 0.2) is 0 Å². The highest BCUT2D eigenvalue weighted by molar-refractivity contribution is 5.87. The van der Waals surface area contributed by atoms with Crippen molar-refractivity contribution in [1.82, 2.24) is 9.80 Å². The molecule has 1 fully saturated rings. The van der Waals surface area contributed by atoms with E-state index in [1.807, 2.05) is 0 Å². The Balaban J connectivity index is 1.63. The van der Waals surface area contributed by atoms with Crippen LogP contribution < -0.4 is 0 Å². The summed E-state index contributed by atoms with van der Waals surface area (Å²) in [6.07, 6.45) is 1.23. The lowest BCUT2D eigenvalue weighted by Crippen LogP contribution is -2.47. The summed E-state index contributed by atoms with van der Waals surface area (Å²) < 4.78 is 33.3. The molecular weight excluding hydrogens is 330 g/mol. The summed E-state index contributed by atoms with van der Waals surface area (Å²) in [6.45, 7) is 5.01. The molecule has 0 spiro atoms. The van der Waals surface area contributed by atoms with E-state index in [9.17, 15) is 18.4 Å². The van der Waals surface area contributed by atoms with Gasteiger partial charge in [-0.3, -0.25) is 9.59 Å². The molecule has 0 aliphatic carbocycles. The zero-order chi connectivity index (χ0) is 18.0. The number of benzene rings is 1. The van der Waals surface area contributed by atoms with Gasteiger partial charge in [-0.05, 0) is 30.2 Å². The SMILES string of the molecule is C=CC(=O)N1CCO[C@@H](CC(=O)N2CCc3c(F)ccc(F)c3C2)C1. The molecule has 2 aliphatic heterocycles. The molecule has 25 heavy (non-hydrogen) atoms. The molecule has 2 aliphatic rings. The average Bonchev–Trinajstić information content (AvgIpc) is 2.64. The maximum atomic E-state index is 13.9. The van der Waals surface area contributed by atoms with E-state index in [1.54, 1.807) is 4.90 Å². The quantitative estimate of drug-likeness (QED) is 0.779. The van der Waals surface area contributed by atoms with E-state index < -0.39 is 17.7 Å². The number of carbonyl (C=O) groups is 2. The van der Waals surface area contributed by atoms with Gasteiger partial charge >= 0.3 is 0 Å². The number of nitrogens with zero attached hydrogens (tertiary/aromatic N) is 2. The van der Waals surface area contributed by atoms with Gasteiger partial charge in [-0.15, -0.1) is 0 Å². The van der Waals surface area contributed by atoms with Gasteiger partial charge in [-0.2, -0.15) is 0 Å². The monoisotopic (exact) mass is 350 g/mol. The van der Waals surface area contributed by atoms with Crippen LogP contribution in [-0.2, 0) is 27.3 Å². The first-order chi connectivity index (χ1) is 12.0. The molecule has 1 aromatic carbocycles. The molecule has 0 N–H and O–H groups in total. The van der Waals surface area contributed by atoms with Crippen molar-refractivity contribution in [2.75, 3.05) is 26.2 Å². The first kappa shape index (κ1) is 17.5. The third-order valence-corrected chi connectivity index (χ3v) is 4.68. The number of hydrogen-bond acceptors (Lipinski definition) is 3. The minimum absolute atomic E-state index is 0.0553. The second-order valence-electron chi connectivity index (χ2n) is 6.24. The van der Waals surface area contributed by atoms with Gasteiger partial charge in [-0.25, -0.2) is 8.78 Å². The van der Waals surface area contributed by atoms with E-state index in [0.29, 0.717) is 31.8 Å². The first-order valence-corrected chi connectivity index (χ1v) is 8.26. The fraction of sp³-hybridized carbons (Fsp3) is 0.444. The fourth-order valence-electron chi connectivity index (χ4n) is 3.30. The number of ether oxygens (including phenoxy) is 1. The van der Waals surface area contributed by atoms with Crippen LogP contribution in [-0.4, -0.2) is 54.0 Å². The van der Waals surface area contributed by atoms with Crippen molar-refractivity contribution in [3.8, 4) is 0 Å². The second kappa shape index (κ2) is 7.31. The van der Waals surface area contributed by atoms with Crippen molar-refractivity contribution < 1.29 is 23.1 Å². The van der Waals surface area contributed by atoms with Crippen molar-refractivity contribution in [3.63, 3.8) is 0 Å². The topological polar surface area (TPSA) is 49.9 Å². The molecule has 0 bridgehead atoms. The molecule has 3 rings (SSSR count). The Morgan fingerprint density at radius 3 is 2.64 bits per heavy atom. The Morgan fingerprint density at radius 2 is 1.92 bits per heavy atom. The zero-order valence-corrected chi connectivity index (χ0v) is 13.8. The van der Waals surface area contributed by atoms with E-state index in [4.69, 9.17) is 4.74 Å². The molecule has 1 saturated heterocycles. The van der Waals surface area contributed by atoms with Crippen molar-refractivity contribution in [3.05, 3.63) is 47.5 Å². The smallest absolute Gasteiger partial charge is 0.246 e. The molecule has 2 amide bonds. The van der Waals surface area contributed by atoms with Gasteiger partial charge in [0.25, 0.3) is 0 Å². The number of halogens is 2. The third kappa shape index (κ3) is 3.71. The minimum Gasteiger partial charge on any atom is -0.374 e. The maximum absolute atomic E-state index is 13.9. The number of rotatable bonds is 3. The molecule has 0 radical (unpaired) electrons. The predicted molar refractivity (Wildman–Crippen MR) is 86.6 cm³/mol. The summed E-state index contributed by atoms with van der Waals surface area (Å²) >= 11 is 0. The van der Waals surface area contributed by atoms with Gasteiger partial charge in [-0.1, -0.05) is 6.58 Å². The Bertz CT molecular complexity index is 708. The molecule has 0 unspecified atom stereocenters. The lowest BCUT2D eigenvalue weighted by atomic mass is 9.98. The Labute approximate surface area is 144 Å².